The largest absolute Gasteiger partial charge is 0.377 e. The van der Waals surface area contributed by atoms with Gasteiger partial charge in [-0.15, -0.1) is 0 Å². The Bertz CT molecular complexity index is 897. The zero-order valence-corrected chi connectivity index (χ0v) is 14.2. The van der Waals surface area contributed by atoms with Crippen molar-refractivity contribution in [2.45, 2.75) is 13.0 Å². The van der Waals surface area contributed by atoms with Crippen LogP contribution in [0.25, 0.3) is 0 Å². The molecule has 142 valence electrons. The highest BCUT2D eigenvalue weighted by Gasteiger charge is 2.27. The molecule has 1 aromatic heterocycles. The number of hydrogen-bond acceptors (Lipinski definition) is 8. The predicted octanol–water partition coefficient (Wildman–Crippen LogP) is 1.70. The molecule has 2 aromatic rings. The molecule has 1 aliphatic heterocycles. The van der Waals surface area contributed by atoms with E-state index in [9.17, 15) is 25.0 Å². The number of aromatic amines is 1. The molecule has 1 fully saturated rings. The van der Waals surface area contributed by atoms with Crippen LogP contribution in [0.15, 0.2) is 24.4 Å². The lowest BCUT2D eigenvalue weighted by atomic mass is 10.1. The molecule has 2 heterocycles. The number of rotatable bonds is 5. The normalized spacial score (nSPS) is 16.8. The van der Waals surface area contributed by atoms with Crippen LogP contribution in [0.2, 0.25) is 0 Å². The Hall–Kier alpha value is -3.54. The first kappa shape index (κ1) is 18.3. The van der Waals surface area contributed by atoms with Crippen LogP contribution in [0.4, 0.5) is 22.7 Å². The number of nitrogens with one attached hydrogen (secondary N) is 2. The third kappa shape index (κ3) is 3.69. The number of hydrogen-bond donors (Lipinski definition) is 2. The lowest BCUT2D eigenvalue weighted by Gasteiger charge is -2.35. The third-order valence-electron chi connectivity index (χ3n) is 4.17. The quantitative estimate of drug-likeness (QED) is 0.590. The average molecular weight is 376 g/mol. The van der Waals surface area contributed by atoms with Gasteiger partial charge in [0.15, 0.2) is 0 Å². The zero-order chi connectivity index (χ0) is 19.6. The van der Waals surface area contributed by atoms with Crippen molar-refractivity contribution in [3.8, 4) is 0 Å². The molecule has 0 radical (unpaired) electrons. The van der Waals surface area contributed by atoms with E-state index < -0.39 is 21.4 Å². The molecular weight excluding hydrogens is 360 g/mol. The van der Waals surface area contributed by atoms with E-state index in [4.69, 9.17) is 4.74 Å². The van der Waals surface area contributed by atoms with Crippen LogP contribution in [-0.4, -0.2) is 51.8 Å². The van der Waals surface area contributed by atoms with Gasteiger partial charge in [0.1, 0.15) is 11.9 Å². The molecule has 3 rings (SSSR count). The van der Waals surface area contributed by atoms with Crippen molar-refractivity contribution >= 4 is 28.7 Å². The van der Waals surface area contributed by atoms with Gasteiger partial charge in [-0.1, -0.05) is 0 Å². The van der Waals surface area contributed by atoms with Gasteiger partial charge >= 0.3 is 5.69 Å². The summed E-state index contributed by atoms with van der Waals surface area (Å²) in [6.07, 6.45) is 0.898. The van der Waals surface area contributed by atoms with E-state index >= 15 is 0 Å². The van der Waals surface area contributed by atoms with E-state index in [1.54, 1.807) is 6.07 Å². The molecule has 0 spiro atoms. The van der Waals surface area contributed by atoms with E-state index in [1.165, 1.54) is 12.1 Å². The molecular formula is C15H16N6O6. The Morgan fingerprint density at radius 3 is 2.74 bits per heavy atom. The first-order valence-corrected chi connectivity index (χ1v) is 8.00. The number of nitro groups is 2. The molecule has 1 saturated heterocycles. The SMILES string of the molecule is CC1COCCN1c1ccc([N+](=O)[O-])c(NC(=O)c2[nH]ncc2[N+](=O)[O-])c1. The summed E-state index contributed by atoms with van der Waals surface area (Å²) < 4.78 is 5.38. The maximum Gasteiger partial charge on any atom is 0.319 e. The number of ether oxygens (including phenoxy) is 1. The topological polar surface area (TPSA) is 157 Å². The molecule has 1 amide bonds. The van der Waals surface area contributed by atoms with Crippen molar-refractivity contribution in [1.82, 2.24) is 10.2 Å². The van der Waals surface area contributed by atoms with Crippen molar-refractivity contribution in [2.75, 3.05) is 30.0 Å². The summed E-state index contributed by atoms with van der Waals surface area (Å²) in [5.74, 6) is -0.894. The zero-order valence-electron chi connectivity index (χ0n) is 14.2. The van der Waals surface area contributed by atoms with Crippen LogP contribution in [0.5, 0.6) is 0 Å². The number of nitrogens with zero attached hydrogens (tertiary/aromatic N) is 4. The van der Waals surface area contributed by atoms with Crippen LogP contribution in [0.3, 0.4) is 0 Å². The lowest BCUT2D eigenvalue weighted by Crippen LogP contribution is -2.43. The van der Waals surface area contributed by atoms with Crippen LogP contribution in [0.1, 0.15) is 17.4 Å². The van der Waals surface area contributed by atoms with Crippen LogP contribution in [-0.2, 0) is 4.74 Å². The van der Waals surface area contributed by atoms with Crippen LogP contribution < -0.4 is 10.2 Å². The Morgan fingerprint density at radius 2 is 2.07 bits per heavy atom. The van der Waals surface area contributed by atoms with Gasteiger partial charge in [0.05, 0.1) is 23.1 Å². The van der Waals surface area contributed by atoms with Gasteiger partial charge < -0.3 is 15.0 Å². The second kappa shape index (κ2) is 7.37. The molecule has 2 N–H and O–H groups in total. The average Bonchev–Trinajstić information content (AvgIpc) is 3.12. The number of benzene rings is 1. The summed E-state index contributed by atoms with van der Waals surface area (Å²) in [6.45, 7) is 3.58. The number of amides is 1. The number of aromatic nitrogens is 2. The van der Waals surface area contributed by atoms with Crippen molar-refractivity contribution in [3.63, 3.8) is 0 Å². The molecule has 1 unspecified atom stereocenters. The van der Waals surface area contributed by atoms with Gasteiger partial charge in [-0.2, -0.15) is 5.10 Å². The number of nitro benzene ring substituents is 1. The Balaban J connectivity index is 1.93. The molecule has 12 heteroatoms. The van der Waals surface area contributed by atoms with Crippen molar-refractivity contribution < 1.29 is 19.4 Å². The summed E-state index contributed by atoms with van der Waals surface area (Å²) in [6, 6.07) is 4.40. The standard InChI is InChI=1S/C15H16N6O6/c1-9-8-27-5-4-19(9)10-2-3-12(20(23)24)11(6-10)17-15(22)14-13(21(25)26)7-16-18-14/h2-3,6-7,9H,4-5,8H2,1H3,(H,16,18)(H,17,22). The monoisotopic (exact) mass is 376 g/mol. The summed E-state index contributed by atoms with van der Waals surface area (Å²) >= 11 is 0. The van der Waals surface area contributed by atoms with Crippen molar-refractivity contribution in [1.29, 1.82) is 0 Å². The molecule has 0 aliphatic carbocycles. The molecule has 1 atom stereocenters. The van der Waals surface area contributed by atoms with Crippen molar-refractivity contribution in [2.24, 2.45) is 0 Å². The van der Waals surface area contributed by atoms with Gasteiger partial charge in [0.25, 0.3) is 11.6 Å². The van der Waals surface area contributed by atoms with Gasteiger partial charge in [-0.25, -0.2) is 0 Å². The van der Waals surface area contributed by atoms with E-state index in [1.807, 2.05) is 11.8 Å². The first-order valence-electron chi connectivity index (χ1n) is 8.00. The third-order valence-corrected chi connectivity index (χ3v) is 4.17. The highest BCUT2D eigenvalue weighted by atomic mass is 16.6. The van der Waals surface area contributed by atoms with E-state index in [-0.39, 0.29) is 23.1 Å². The maximum atomic E-state index is 12.4. The number of H-pyrrole nitrogens is 1. The van der Waals surface area contributed by atoms with Gasteiger partial charge in [0, 0.05) is 24.3 Å². The summed E-state index contributed by atoms with van der Waals surface area (Å²) in [5, 5.41) is 30.4. The van der Waals surface area contributed by atoms with E-state index in [2.05, 4.69) is 15.5 Å². The molecule has 27 heavy (non-hydrogen) atoms. The molecule has 12 nitrogen and oxygen atoms in total. The Morgan fingerprint density at radius 1 is 1.33 bits per heavy atom. The number of carbonyl (C=O) groups excluding carboxylic acids is 1. The van der Waals surface area contributed by atoms with Gasteiger partial charge in [-0.05, 0) is 19.1 Å². The van der Waals surface area contributed by atoms with E-state index in [0.29, 0.717) is 25.4 Å². The second-order valence-corrected chi connectivity index (χ2v) is 5.92. The minimum absolute atomic E-state index is 0.0532. The minimum atomic E-state index is -0.894. The Labute approximate surface area is 152 Å². The fourth-order valence-corrected chi connectivity index (χ4v) is 2.84. The fourth-order valence-electron chi connectivity index (χ4n) is 2.84. The second-order valence-electron chi connectivity index (χ2n) is 5.92. The predicted molar refractivity (Wildman–Crippen MR) is 93.9 cm³/mol. The number of anilines is 2. The van der Waals surface area contributed by atoms with Crippen LogP contribution in [0, 0.1) is 20.2 Å². The van der Waals surface area contributed by atoms with E-state index in [0.717, 1.165) is 6.20 Å². The Kier molecular flexibility index (Phi) is 4.98. The molecule has 1 aliphatic rings. The van der Waals surface area contributed by atoms with Crippen LogP contribution >= 0.6 is 0 Å². The molecule has 0 saturated carbocycles. The first-order chi connectivity index (χ1) is 12.9. The summed E-state index contributed by atoms with van der Waals surface area (Å²) in [5.41, 5.74) is -0.626. The highest BCUT2D eigenvalue weighted by Crippen LogP contribution is 2.31. The molecule has 1 aromatic carbocycles. The fraction of sp³-hybridized carbons (Fsp3) is 0.333. The molecule has 0 bridgehead atoms. The maximum absolute atomic E-state index is 12.4. The smallest absolute Gasteiger partial charge is 0.319 e. The highest BCUT2D eigenvalue weighted by molar-refractivity contribution is 6.06. The minimum Gasteiger partial charge on any atom is -0.377 e. The summed E-state index contributed by atoms with van der Waals surface area (Å²) in [7, 11) is 0. The number of morpholine rings is 1. The number of carbonyl (C=O) groups is 1. The summed E-state index contributed by atoms with van der Waals surface area (Å²) in [4.78, 5) is 35.2. The van der Waals surface area contributed by atoms with Gasteiger partial charge in [-0.3, -0.25) is 30.1 Å². The van der Waals surface area contributed by atoms with Gasteiger partial charge in [0.2, 0.25) is 5.69 Å². The lowest BCUT2D eigenvalue weighted by molar-refractivity contribution is -0.385. The van der Waals surface area contributed by atoms with Crippen molar-refractivity contribution in [3.05, 3.63) is 50.3 Å².